The molecule has 0 aromatic heterocycles. The Morgan fingerprint density at radius 1 is 1.50 bits per heavy atom. The van der Waals surface area contributed by atoms with Crippen molar-refractivity contribution in [2.24, 2.45) is 0 Å². The van der Waals surface area contributed by atoms with Gasteiger partial charge in [-0.3, -0.25) is 0 Å². The lowest BCUT2D eigenvalue weighted by Crippen LogP contribution is -2.23. The minimum Gasteiger partial charge on any atom is -0.355 e. The van der Waals surface area contributed by atoms with E-state index in [9.17, 15) is 0 Å². The molecule has 1 saturated heterocycles. The summed E-state index contributed by atoms with van der Waals surface area (Å²) in [5, 5.41) is 1.08. The molecule has 1 rings (SSSR count). The van der Waals surface area contributed by atoms with Crippen LogP contribution in [0.25, 0.3) is 0 Å². The smallest absolute Gasteiger partial charge is 0.147 e. The van der Waals surface area contributed by atoms with E-state index in [0.29, 0.717) is 12.9 Å². The van der Waals surface area contributed by atoms with Gasteiger partial charge in [0.05, 0.1) is 12.7 Å². The van der Waals surface area contributed by atoms with Crippen LogP contribution in [0, 0.1) is 0 Å². The Hall–Kier alpha value is 0.400. The van der Waals surface area contributed by atoms with E-state index in [1.807, 2.05) is 0 Å². The van der Waals surface area contributed by atoms with E-state index in [0.717, 1.165) is 24.8 Å². The van der Waals surface area contributed by atoms with E-state index in [4.69, 9.17) is 9.47 Å². The number of rotatable bonds is 3. The molecule has 0 bridgehead atoms. The third-order valence-corrected chi connectivity index (χ3v) is 2.19. The SMILES string of the molecule is BrCCCC1CCOCO1. The van der Waals surface area contributed by atoms with Crippen LogP contribution in [-0.2, 0) is 9.47 Å². The lowest BCUT2D eigenvalue weighted by atomic mass is 10.1. The van der Waals surface area contributed by atoms with Crippen molar-refractivity contribution in [2.45, 2.75) is 25.4 Å². The quantitative estimate of drug-likeness (QED) is 0.661. The molecule has 0 spiro atoms. The molecule has 60 valence electrons. The van der Waals surface area contributed by atoms with Gasteiger partial charge in [-0.15, -0.1) is 0 Å². The summed E-state index contributed by atoms with van der Waals surface area (Å²) in [7, 11) is 0. The van der Waals surface area contributed by atoms with Gasteiger partial charge in [0.1, 0.15) is 6.79 Å². The number of ether oxygens (including phenoxy) is 2. The minimum atomic E-state index is 0.450. The summed E-state index contributed by atoms with van der Waals surface area (Å²) in [5.41, 5.74) is 0. The third-order valence-electron chi connectivity index (χ3n) is 1.63. The van der Waals surface area contributed by atoms with Gasteiger partial charge in [0.15, 0.2) is 0 Å². The Balaban J connectivity index is 2.02. The zero-order valence-electron chi connectivity index (χ0n) is 6.01. The van der Waals surface area contributed by atoms with Crippen LogP contribution in [0.1, 0.15) is 19.3 Å². The maximum atomic E-state index is 5.34. The highest BCUT2D eigenvalue weighted by molar-refractivity contribution is 9.09. The van der Waals surface area contributed by atoms with Crippen LogP contribution in [0.4, 0.5) is 0 Å². The van der Waals surface area contributed by atoms with Crippen LogP contribution in [-0.4, -0.2) is 24.8 Å². The highest BCUT2D eigenvalue weighted by Crippen LogP contribution is 2.12. The summed E-state index contributed by atoms with van der Waals surface area (Å²) in [5.74, 6) is 0. The van der Waals surface area contributed by atoms with Crippen LogP contribution >= 0.6 is 15.9 Å². The molecule has 0 radical (unpaired) electrons. The van der Waals surface area contributed by atoms with Crippen LogP contribution in [0.5, 0.6) is 0 Å². The zero-order chi connectivity index (χ0) is 7.23. The van der Waals surface area contributed by atoms with Crippen molar-refractivity contribution in [3.63, 3.8) is 0 Å². The summed E-state index contributed by atoms with van der Waals surface area (Å²) in [4.78, 5) is 0. The average Bonchev–Trinajstić information content (AvgIpc) is 2.03. The number of hydrogen-bond acceptors (Lipinski definition) is 2. The molecule has 0 N–H and O–H groups in total. The molecule has 1 unspecified atom stereocenters. The lowest BCUT2D eigenvalue weighted by Gasteiger charge is -2.22. The second-order valence-corrected chi connectivity index (χ2v) is 3.23. The van der Waals surface area contributed by atoms with Crippen molar-refractivity contribution in [3.8, 4) is 0 Å². The van der Waals surface area contributed by atoms with E-state index >= 15 is 0 Å². The second-order valence-electron chi connectivity index (χ2n) is 2.43. The molecule has 10 heavy (non-hydrogen) atoms. The summed E-state index contributed by atoms with van der Waals surface area (Å²) in [6, 6.07) is 0. The largest absolute Gasteiger partial charge is 0.355 e. The van der Waals surface area contributed by atoms with Gasteiger partial charge in [0, 0.05) is 5.33 Å². The molecule has 1 aliphatic rings. The molecular formula is C7H13BrO2. The van der Waals surface area contributed by atoms with E-state index in [1.165, 1.54) is 6.42 Å². The lowest BCUT2D eigenvalue weighted by molar-refractivity contribution is -0.140. The summed E-state index contributed by atoms with van der Waals surface area (Å²) < 4.78 is 10.4. The fourth-order valence-corrected chi connectivity index (χ4v) is 1.36. The Bertz CT molecular complexity index is 81.7. The van der Waals surface area contributed by atoms with Crippen molar-refractivity contribution < 1.29 is 9.47 Å². The highest BCUT2D eigenvalue weighted by atomic mass is 79.9. The molecule has 0 aromatic carbocycles. The monoisotopic (exact) mass is 208 g/mol. The van der Waals surface area contributed by atoms with E-state index in [-0.39, 0.29) is 0 Å². The standard InChI is InChI=1S/C7H13BrO2/c8-4-1-2-7-3-5-9-6-10-7/h7H,1-6H2. The van der Waals surface area contributed by atoms with Gasteiger partial charge in [-0.1, -0.05) is 15.9 Å². The highest BCUT2D eigenvalue weighted by Gasteiger charge is 2.12. The van der Waals surface area contributed by atoms with Crippen molar-refractivity contribution in [3.05, 3.63) is 0 Å². The van der Waals surface area contributed by atoms with Crippen molar-refractivity contribution in [1.29, 1.82) is 0 Å². The molecule has 3 heteroatoms. The van der Waals surface area contributed by atoms with Crippen molar-refractivity contribution in [2.75, 3.05) is 18.7 Å². The minimum absolute atomic E-state index is 0.450. The van der Waals surface area contributed by atoms with Gasteiger partial charge in [-0.2, -0.15) is 0 Å². The van der Waals surface area contributed by atoms with Gasteiger partial charge in [-0.05, 0) is 19.3 Å². The Labute approximate surface area is 70.0 Å². The number of alkyl halides is 1. The first-order chi connectivity index (χ1) is 4.93. The summed E-state index contributed by atoms with van der Waals surface area (Å²) in [6.07, 6.45) is 3.87. The first kappa shape index (κ1) is 8.50. The van der Waals surface area contributed by atoms with Crippen molar-refractivity contribution >= 4 is 15.9 Å². The average molecular weight is 209 g/mol. The molecule has 1 aliphatic heterocycles. The third kappa shape index (κ3) is 2.99. The summed E-state index contributed by atoms with van der Waals surface area (Å²) >= 11 is 3.39. The van der Waals surface area contributed by atoms with Gasteiger partial charge < -0.3 is 9.47 Å². The molecule has 0 aliphatic carbocycles. The zero-order valence-corrected chi connectivity index (χ0v) is 7.60. The van der Waals surface area contributed by atoms with E-state index < -0.39 is 0 Å². The Kier molecular flexibility index (Phi) is 4.34. The van der Waals surface area contributed by atoms with Crippen LogP contribution in [0.2, 0.25) is 0 Å². The van der Waals surface area contributed by atoms with Crippen LogP contribution in [0.3, 0.4) is 0 Å². The van der Waals surface area contributed by atoms with Gasteiger partial charge in [-0.25, -0.2) is 0 Å². The summed E-state index contributed by atoms with van der Waals surface area (Å²) in [6.45, 7) is 1.36. The Morgan fingerprint density at radius 3 is 3.00 bits per heavy atom. The first-order valence-corrected chi connectivity index (χ1v) is 4.81. The molecule has 0 amide bonds. The molecule has 0 saturated carbocycles. The normalized spacial score (nSPS) is 26.7. The molecule has 1 heterocycles. The molecule has 1 atom stereocenters. The maximum Gasteiger partial charge on any atom is 0.147 e. The Morgan fingerprint density at radius 2 is 2.40 bits per heavy atom. The molecule has 2 nitrogen and oxygen atoms in total. The van der Waals surface area contributed by atoms with E-state index in [2.05, 4.69) is 15.9 Å². The fourth-order valence-electron chi connectivity index (χ4n) is 1.03. The number of hydrogen-bond donors (Lipinski definition) is 0. The predicted octanol–water partition coefficient (Wildman–Crippen LogP) is 1.92. The molecular weight excluding hydrogens is 196 g/mol. The maximum absolute atomic E-state index is 5.34. The van der Waals surface area contributed by atoms with Crippen LogP contribution < -0.4 is 0 Å². The predicted molar refractivity (Wildman–Crippen MR) is 43.3 cm³/mol. The van der Waals surface area contributed by atoms with Crippen molar-refractivity contribution in [1.82, 2.24) is 0 Å². The molecule has 1 fully saturated rings. The topological polar surface area (TPSA) is 18.5 Å². The van der Waals surface area contributed by atoms with Gasteiger partial charge in [0.2, 0.25) is 0 Å². The van der Waals surface area contributed by atoms with Crippen LogP contribution in [0.15, 0.2) is 0 Å². The van der Waals surface area contributed by atoms with Gasteiger partial charge >= 0.3 is 0 Å². The second kappa shape index (κ2) is 5.10. The first-order valence-electron chi connectivity index (χ1n) is 3.69. The fraction of sp³-hybridized carbons (Fsp3) is 1.00. The van der Waals surface area contributed by atoms with Gasteiger partial charge in [0.25, 0.3) is 0 Å². The molecule has 0 aromatic rings. The number of halogens is 1. The van der Waals surface area contributed by atoms with E-state index in [1.54, 1.807) is 0 Å².